The molecule has 3 nitrogen and oxygen atoms in total. The Morgan fingerprint density at radius 3 is 2.80 bits per heavy atom. The number of allylic oxidation sites excluding steroid dienone is 1. The number of rotatable bonds is 3. The first-order valence-electron chi connectivity index (χ1n) is 6.87. The Bertz CT molecular complexity index is 681. The summed E-state index contributed by atoms with van der Waals surface area (Å²) in [5.74, 6) is 0.0700. The van der Waals surface area contributed by atoms with Crippen LogP contribution in [0.5, 0.6) is 0 Å². The number of benzene rings is 1. The molecule has 4 heteroatoms. The van der Waals surface area contributed by atoms with Gasteiger partial charge in [0.25, 0.3) is 0 Å². The first kappa shape index (κ1) is 13.4. The van der Waals surface area contributed by atoms with Crippen molar-refractivity contribution < 1.29 is 4.79 Å². The van der Waals surface area contributed by atoms with Gasteiger partial charge in [0.2, 0.25) is 0 Å². The van der Waals surface area contributed by atoms with Crippen LogP contribution in [0, 0.1) is 0 Å². The molecule has 0 spiro atoms. The van der Waals surface area contributed by atoms with Gasteiger partial charge in [-0.1, -0.05) is 12.1 Å². The minimum Gasteiger partial charge on any atom is -0.377 e. The number of aryl methyl sites for hydroxylation is 1. The van der Waals surface area contributed by atoms with Gasteiger partial charge in [0.15, 0.2) is 5.78 Å². The first-order valence-corrected chi connectivity index (χ1v) is 7.66. The second-order valence-corrected chi connectivity index (χ2v) is 6.07. The third kappa shape index (κ3) is 2.40. The molecule has 0 bridgehead atoms. The highest BCUT2D eigenvalue weighted by molar-refractivity contribution is 9.10. The van der Waals surface area contributed by atoms with E-state index >= 15 is 0 Å². The molecule has 0 atom stereocenters. The van der Waals surface area contributed by atoms with Gasteiger partial charge in [-0.25, -0.2) is 0 Å². The van der Waals surface area contributed by atoms with Crippen LogP contribution in [0.4, 0.5) is 0 Å². The van der Waals surface area contributed by atoms with Gasteiger partial charge in [0.05, 0.1) is 5.52 Å². The monoisotopic (exact) mass is 332 g/mol. The van der Waals surface area contributed by atoms with Crippen LogP contribution in [0.25, 0.3) is 10.9 Å². The molecule has 104 valence electrons. The number of ketones is 1. The average Bonchev–Trinajstić information content (AvgIpc) is 3.05. The van der Waals surface area contributed by atoms with Gasteiger partial charge < -0.3 is 9.47 Å². The van der Waals surface area contributed by atoms with Crippen molar-refractivity contribution in [1.82, 2.24) is 9.47 Å². The molecule has 1 aliphatic heterocycles. The van der Waals surface area contributed by atoms with Crippen LogP contribution < -0.4 is 0 Å². The molecule has 1 aliphatic rings. The van der Waals surface area contributed by atoms with Gasteiger partial charge in [-0.05, 0) is 34.8 Å². The van der Waals surface area contributed by atoms with E-state index < -0.39 is 0 Å². The van der Waals surface area contributed by atoms with Gasteiger partial charge in [0, 0.05) is 54.0 Å². The number of aromatic nitrogens is 1. The number of fused-ring (bicyclic) bond motifs is 1. The van der Waals surface area contributed by atoms with Gasteiger partial charge in [-0.15, -0.1) is 0 Å². The van der Waals surface area contributed by atoms with Crippen molar-refractivity contribution in [2.75, 3.05) is 13.1 Å². The average molecular weight is 333 g/mol. The van der Waals surface area contributed by atoms with E-state index in [9.17, 15) is 4.79 Å². The third-order valence-corrected chi connectivity index (χ3v) is 4.44. The molecule has 0 radical (unpaired) electrons. The molecular formula is C16H17BrN2O. The summed E-state index contributed by atoms with van der Waals surface area (Å²) in [4.78, 5) is 14.6. The summed E-state index contributed by atoms with van der Waals surface area (Å²) in [6.07, 6.45) is 7.98. The lowest BCUT2D eigenvalue weighted by Crippen LogP contribution is -2.11. The minimum absolute atomic E-state index is 0.0700. The van der Waals surface area contributed by atoms with Crippen molar-refractivity contribution in [2.24, 2.45) is 7.05 Å². The summed E-state index contributed by atoms with van der Waals surface area (Å²) in [6.45, 7) is 2.12. The fourth-order valence-electron chi connectivity index (χ4n) is 2.77. The van der Waals surface area contributed by atoms with E-state index in [0.717, 1.165) is 34.0 Å². The highest BCUT2D eigenvalue weighted by atomic mass is 79.9. The number of likely N-dealkylation sites (tertiary alicyclic amines) is 1. The van der Waals surface area contributed by atoms with Crippen LogP contribution in [0.15, 0.2) is 41.1 Å². The maximum Gasteiger partial charge on any atom is 0.189 e. The van der Waals surface area contributed by atoms with Crippen molar-refractivity contribution in [3.63, 3.8) is 0 Å². The fourth-order valence-corrected chi connectivity index (χ4v) is 3.41. The van der Waals surface area contributed by atoms with Crippen molar-refractivity contribution in [3.8, 4) is 0 Å². The summed E-state index contributed by atoms with van der Waals surface area (Å²) >= 11 is 3.54. The Morgan fingerprint density at radius 1 is 1.30 bits per heavy atom. The zero-order chi connectivity index (χ0) is 14.1. The number of carbonyl (C=O) groups excluding carboxylic acids is 1. The maximum absolute atomic E-state index is 12.4. The Hall–Kier alpha value is -1.55. The standard InChI is InChI=1S/C16H17BrN2O/c1-18-11-13(12-5-4-6-14(17)16(12)18)15(20)7-10-19-8-2-3-9-19/h4-7,10-11H,2-3,8-9H2,1H3/b10-7+. The number of hydrogen-bond acceptors (Lipinski definition) is 2. The van der Waals surface area contributed by atoms with Gasteiger partial charge in [0.1, 0.15) is 0 Å². The van der Waals surface area contributed by atoms with Crippen molar-refractivity contribution in [1.29, 1.82) is 0 Å². The van der Waals surface area contributed by atoms with E-state index in [1.807, 2.05) is 42.2 Å². The SMILES string of the molecule is Cn1cc(C(=O)/C=C/N2CCCC2)c2cccc(Br)c21. The molecule has 0 unspecified atom stereocenters. The molecule has 3 rings (SSSR count). The number of para-hydroxylation sites is 1. The van der Waals surface area contributed by atoms with Crippen LogP contribution in [-0.2, 0) is 7.05 Å². The number of halogens is 1. The van der Waals surface area contributed by atoms with Crippen LogP contribution in [0.2, 0.25) is 0 Å². The molecule has 1 aromatic carbocycles. The molecule has 1 saturated heterocycles. The summed E-state index contributed by atoms with van der Waals surface area (Å²) < 4.78 is 3.01. The Kier molecular flexibility index (Phi) is 3.66. The third-order valence-electron chi connectivity index (χ3n) is 3.80. The van der Waals surface area contributed by atoms with E-state index in [-0.39, 0.29) is 5.78 Å². The largest absolute Gasteiger partial charge is 0.377 e. The van der Waals surface area contributed by atoms with Gasteiger partial charge >= 0.3 is 0 Å². The van der Waals surface area contributed by atoms with Crippen molar-refractivity contribution in [3.05, 3.63) is 46.7 Å². The summed E-state index contributed by atoms with van der Waals surface area (Å²) in [5, 5.41) is 0.998. The quantitative estimate of drug-likeness (QED) is 0.632. The summed E-state index contributed by atoms with van der Waals surface area (Å²) in [5.41, 5.74) is 1.82. The van der Waals surface area contributed by atoms with Crippen molar-refractivity contribution in [2.45, 2.75) is 12.8 Å². The predicted octanol–water partition coefficient (Wildman–Crippen LogP) is 3.73. The topological polar surface area (TPSA) is 25.2 Å². The van der Waals surface area contributed by atoms with E-state index in [1.165, 1.54) is 12.8 Å². The number of hydrogen-bond donors (Lipinski definition) is 0. The fraction of sp³-hybridized carbons (Fsp3) is 0.312. The normalized spacial score (nSPS) is 15.6. The highest BCUT2D eigenvalue weighted by Crippen LogP contribution is 2.28. The predicted molar refractivity (Wildman–Crippen MR) is 84.9 cm³/mol. The van der Waals surface area contributed by atoms with Crippen LogP contribution in [-0.4, -0.2) is 28.3 Å². The lowest BCUT2D eigenvalue weighted by Gasteiger charge is -2.09. The number of nitrogens with zero attached hydrogens (tertiary/aromatic N) is 2. The summed E-state index contributed by atoms with van der Waals surface area (Å²) in [7, 11) is 1.97. The molecule has 20 heavy (non-hydrogen) atoms. The summed E-state index contributed by atoms with van der Waals surface area (Å²) in [6, 6.07) is 5.96. The smallest absolute Gasteiger partial charge is 0.189 e. The van der Waals surface area contributed by atoms with Gasteiger partial charge in [-0.3, -0.25) is 4.79 Å². The Balaban J connectivity index is 1.93. The molecular weight excluding hydrogens is 316 g/mol. The highest BCUT2D eigenvalue weighted by Gasteiger charge is 2.14. The second kappa shape index (κ2) is 5.44. The molecule has 0 amide bonds. The van der Waals surface area contributed by atoms with E-state index in [1.54, 1.807) is 6.08 Å². The molecule has 0 N–H and O–H groups in total. The molecule has 0 aliphatic carbocycles. The molecule has 0 saturated carbocycles. The van der Waals surface area contributed by atoms with Gasteiger partial charge in [-0.2, -0.15) is 0 Å². The Labute approximate surface area is 127 Å². The van der Waals surface area contributed by atoms with E-state index in [0.29, 0.717) is 0 Å². The minimum atomic E-state index is 0.0700. The maximum atomic E-state index is 12.4. The van der Waals surface area contributed by atoms with Crippen molar-refractivity contribution >= 4 is 32.6 Å². The first-order chi connectivity index (χ1) is 9.66. The zero-order valence-electron chi connectivity index (χ0n) is 11.5. The lowest BCUT2D eigenvalue weighted by atomic mass is 10.1. The molecule has 2 heterocycles. The van der Waals surface area contributed by atoms with Crippen LogP contribution in [0.1, 0.15) is 23.2 Å². The van der Waals surface area contributed by atoms with E-state index in [4.69, 9.17) is 0 Å². The number of carbonyl (C=O) groups is 1. The lowest BCUT2D eigenvalue weighted by molar-refractivity contribution is 0.104. The Morgan fingerprint density at radius 2 is 2.05 bits per heavy atom. The molecule has 1 aromatic heterocycles. The molecule has 2 aromatic rings. The zero-order valence-corrected chi connectivity index (χ0v) is 13.1. The van der Waals surface area contributed by atoms with Crippen LogP contribution >= 0.6 is 15.9 Å². The second-order valence-electron chi connectivity index (χ2n) is 5.21. The van der Waals surface area contributed by atoms with Crippen LogP contribution in [0.3, 0.4) is 0 Å². The van der Waals surface area contributed by atoms with E-state index in [2.05, 4.69) is 20.8 Å². The molecule has 1 fully saturated rings.